The first-order valence-electron chi connectivity index (χ1n) is 14.7. The van der Waals surface area contributed by atoms with Crippen LogP contribution in [0.25, 0.3) is 92.0 Å². The van der Waals surface area contributed by atoms with Crippen molar-refractivity contribution in [3.63, 3.8) is 0 Å². The second-order valence-electron chi connectivity index (χ2n) is 11.2. The summed E-state index contributed by atoms with van der Waals surface area (Å²) >= 11 is 1.85. The molecule has 0 unspecified atom stereocenters. The van der Waals surface area contributed by atoms with Crippen LogP contribution in [0.5, 0.6) is 0 Å². The van der Waals surface area contributed by atoms with Crippen LogP contribution in [0.4, 0.5) is 0 Å². The molecule has 7 nitrogen and oxygen atoms in total. The van der Waals surface area contributed by atoms with E-state index in [9.17, 15) is 0 Å². The first kappa shape index (κ1) is 24.6. The number of para-hydroxylation sites is 1. The first-order valence-corrected chi connectivity index (χ1v) is 15.5. The van der Waals surface area contributed by atoms with Crippen molar-refractivity contribution in [3.05, 3.63) is 115 Å². The molecule has 8 heteroatoms. The zero-order chi connectivity index (χ0) is 29.6. The Morgan fingerprint density at radius 2 is 1.22 bits per heavy atom. The second kappa shape index (κ2) is 9.07. The fourth-order valence-electron chi connectivity index (χ4n) is 6.89. The minimum absolute atomic E-state index is 0.649. The third kappa shape index (κ3) is 3.34. The standard InChI is InChI=1S/C37H21N7S/c1-20-18-25-23-10-5-6-13-26(23)45-37(25)28-24-12-7-11-22(21-8-3-2-4-9-21)36(24)44(35(20)28)27-19-42-33-31-29(38-14-15-40-31)30-32(34(33)43-27)41-17-16-39-30/h2-19H,1H3. The number of thiophene rings is 1. The average Bonchev–Trinajstić information content (AvgIpc) is 3.65. The van der Waals surface area contributed by atoms with E-state index in [-0.39, 0.29) is 0 Å². The van der Waals surface area contributed by atoms with Crippen molar-refractivity contribution in [2.45, 2.75) is 6.92 Å². The van der Waals surface area contributed by atoms with Gasteiger partial charge in [-0.05, 0) is 30.2 Å². The lowest BCUT2D eigenvalue weighted by Gasteiger charge is -2.13. The van der Waals surface area contributed by atoms with Gasteiger partial charge in [0.25, 0.3) is 0 Å². The monoisotopic (exact) mass is 595 g/mol. The SMILES string of the molecule is Cc1cc2c3ccccc3sc2c2c3cccc(-c4ccccc4)c3n(-c3cnc4c5nccnc5c5nccnc5c4n3)c12. The van der Waals surface area contributed by atoms with E-state index in [4.69, 9.17) is 15.0 Å². The molecule has 0 aliphatic heterocycles. The molecule has 0 amide bonds. The molecular formula is C37H21N7S. The number of aryl methyl sites for hydroxylation is 1. The molecule has 0 aliphatic rings. The maximum atomic E-state index is 5.33. The summed E-state index contributed by atoms with van der Waals surface area (Å²) < 4.78 is 4.85. The molecule has 0 radical (unpaired) electrons. The average molecular weight is 596 g/mol. The Balaban J connectivity index is 1.42. The highest BCUT2D eigenvalue weighted by Crippen LogP contribution is 2.46. The molecular weight excluding hydrogens is 575 g/mol. The third-order valence-corrected chi connectivity index (χ3v) is 9.93. The molecule has 0 saturated heterocycles. The van der Waals surface area contributed by atoms with Crippen molar-refractivity contribution in [3.8, 4) is 16.9 Å². The molecule has 5 aromatic heterocycles. The van der Waals surface area contributed by atoms with E-state index < -0.39 is 0 Å². The van der Waals surface area contributed by atoms with Gasteiger partial charge in [-0.2, -0.15) is 0 Å². The third-order valence-electron chi connectivity index (χ3n) is 8.73. The van der Waals surface area contributed by atoms with Gasteiger partial charge in [0.05, 0.1) is 17.2 Å². The minimum atomic E-state index is 0.649. The lowest BCUT2D eigenvalue weighted by atomic mass is 10.0. The van der Waals surface area contributed by atoms with Crippen LogP contribution in [0.3, 0.4) is 0 Å². The van der Waals surface area contributed by atoms with E-state index in [0.717, 1.165) is 22.2 Å². The van der Waals surface area contributed by atoms with E-state index in [2.05, 4.69) is 105 Å². The number of benzene rings is 5. The molecule has 5 heterocycles. The van der Waals surface area contributed by atoms with Crippen LogP contribution in [0.2, 0.25) is 0 Å². The number of hydrogen-bond acceptors (Lipinski definition) is 7. The van der Waals surface area contributed by atoms with E-state index in [1.54, 1.807) is 24.8 Å². The summed E-state index contributed by atoms with van der Waals surface area (Å²) in [5.41, 5.74) is 9.62. The molecule has 10 aromatic rings. The van der Waals surface area contributed by atoms with E-state index in [1.165, 1.54) is 36.5 Å². The Bertz CT molecular complexity index is 2800. The summed E-state index contributed by atoms with van der Waals surface area (Å²) in [4.78, 5) is 28.9. The van der Waals surface area contributed by atoms with Crippen LogP contribution in [-0.2, 0) is 0 Å². The molecule has 45 heavy (non-hydrogen) atoms. The van der Waals surface area contributed by atoms with Gasteiger partial charge in [0.1, 0.15) is 33.1 Å². The lowest BCUT2D eigenvalue weighted by molar-refractivity contribution is 1.07. The van der Waals surface area contributed by atoms with Crippen LogP contribution < -0.4 is 0 Å². The summed E-state index contributed by atoms with van der Waals surface area (Å²) in [7, 11) is 0. The van der Waals surface area contributed by atoms with Crippen molar-refractivity contribution in [1.82, 2.24) is 34.5 Å². The smallest absolute Gasteiger partial charge is 0.157 e. The Labute approximate surface area is 259 Å². The first-order chi connectivity index (χ1) is 22.3. The Hall–Kier alpha value is -5.86. The number of rotatable bonds is 2. The molecule has 0 saturated carbocycles. The highest BCUT2D eigenvalue weighted by molar-refractivity contribution is 7.26. The summed E-state index contributed by atoms with van der Waals surface area (Å²) in [6.45, 7) is 2.20. The molecule has 10 rings (SSSR count). The van der Waals surface area contributed by atoms with Crippen LogP contribution in [0.1, 0.15) is 5.56 Å². The zero-order valence-corrected chi connectivity index (χ0v) is 24.7. The van der Waals surface area contributed by atoms with Gasteiger partial charge in [-0.15, -0.1) is 11.3 Å². The van der Waals surface area contributed by atoms with Gasteiger partial charge in [0.2, 0.25) is 0 Å². The van der Waals surface area contributed by atoms with Crippen molar-refractivity contribution in [2.75, 3.05) is 0 Å². The molecule has 210 valence electrons. The summed E-state index contributed by atoms with van der Waals surface area (Å²) in [5.74, 6) is 0.713. The van der Waals surface area contributed by atoms with Gasteiger partial charge in [0, 0.05) is 61.3 Å². The van der Waals surface area contributed by atoms with E-state index in [0.29, 0.717) is 38.9 Å². The Morgan fingerprint density at radius 3 is 1.98 bits per heavy atom. The number of nitrogens with zero attached hydrogens (tertiary/aromatic N) is 7. The van der Waals surface area contributed by atoms with Crippen LogP contribution in [0, 0.1) is 6.92 Å². The van der Waals surface area contributed by atoms with Crippen LogP contribution in [0.15, 0.2) is 110 Å². The second-order valence-corrected chi connectivity index (χ2v) is 12.3. The molecule has 5 aromatic carbocycles. The van der Waals surface area contributed by atoms with Crippen molar-refractivity contribution in [1.29, 1.82) is 0 Å². The molecule has 0 spiro atoms. The topological polar surface area (TPSA) is 82.3 Å². The Morgan fingerprint density at radius 1 is 0.578 bits per heavy atom. The van der Waals surface area contributed by atoms with Crippen molar-refractivity contribution in [2.24, 2.45) is 0 Å². The van der Waals surface area contributed by atoms with Crippen molar-refractivity contribution < 1.29 is 0 Å². The normalized spacial score (nSPS) is 12.1. The highest BCUT2D eigenvalue weighted by atomic mass is 32.1. The van der Waals surface area contributed by atoms with Gasteiger partial charge < -0.3 is 0 Å². The number of aromatic nitrogens is 7. The highest BCUT2D eigenvalue weighted by Gasteiger charge is 2.24. The van der Waals surface area contributed by atoms with E-state index in [1.807, 2.05) is 17.5 Å². The number of hydrogen-bond donors (Lipinski definition) is 0. The quantitative estimate of drug-likeness (QED) is 0.186. The maximum Gasteiger partial charge on any atom is 0.157 e. The predicted octanol–water partition coefficient (Wildman–Crippen LogP) is 8.96. The Kier molecular flexibility index (Phi) is 4.95. The van der Waals surface area contributed by atoms with Gasteiger partial charge in [0.15, 0.2) is 5.82 Å². The summed E-state index contributed by atoms with van der Waals surface area (Å²) in [5, 5.41) is 4.98. The molecule has 0 atom stereocenters. The zero-order valence-electron chi connectivity index (χ0n) is 23.9. The fraction of sp³-hybridized carbons (Fsp3) is 0.0270. The lowest BCUT2D eigenvalue weighted by Crippen LogP contribution is -2.03. The number of fused-ring (bicyclic) bond motifs is 13. The van der Waals surface area contributed by atoms with Crippen LogP contribution >= 0.6 is 11.3 Å². The van der Waals surface area contributed by atoms with Crippen molar-refractivity contribution >= 4 is 86.4 Å². The van der Waals surface area contributed by atoms with Gasteiger partial charge in [-0.1, -0.05) is 66.7 Å². The molecule has 0 bridgehead atoms. The van der Waals surface area contributed by atoms with Crippen LogP contribution in [-0.4, -0.2) is 34.5 Å². The fourth-order valence-corrected chi connectivity index (χ4v) is 8.14. The van der Waals surface area contributed by atoms with Gasteiger partial charge >= 0.3 is 0 Å². The largest absolute Gasteiger partial charge is 0.292 e. The maximum absolute atomic E-state index is 5.33. The summed E-state index contributed by atoms with van der Waals surface area (Å²) in [6, 6.07) is 28.2. The molecule has 0 fully saturated rings. The van der Waals surface area contributed by atoms with Gasteiger partial charge in [-0.3, -0.25) is 24.5 Å². The molecule has 0 aliphatic carbocycles. The van der Waals surface area contributed by atoms with Gasteiger partial charge in [-0.25, -0.2) is 9.97 Å². The minimum Gasteiger partial charge on any atom is -0.292 e. The predicted molar refractivity (Wildman–Crippen MR) is 183 cm³/mol. The van der Waals surface area contributed by atoms with E-state index >= 15 is 0 Å². The summed E-state index contributed by atoms with van der Waals surface area (Å²) in [6.07, 6.45) is 8.57. The molecule has 0 N–H and O–H groups in total.